The summed E-state index contributed by atoms with van der Waals surface area (Å²) in [6, 6.07) is 0. The van der Waals surface area contributed by atoms with Gasteiger partial charge in [-0.1, -0.05) is 26.8 Å². The van der Waals surface area contributed by atoms with Crippen LogP contribution in [0, 0.1) is 5.92 Å². The third-order valence-electron chi connectivity index (χ3n) is 3.62. The second-order valence-electron chi connectivity index (χ2n) is 5.93. The van der Waals surface area contributed by atoms with Crippen LogP contribution in [0.5, 0.6) is 0 Å². The van der Waals surface area contributed by atoms with Crippen molar-refractivity contribution in [2.45, 2.75) is 51.7 Å². The molecule has 0 saturated carbocycles. The standard InChI is InChI=1S/C13H24OSi/c1-7-11-8-9-12(10-11)14-15(5,6)13(2,3)4/h7,10-11H,1,8-9H2,2-6H3. The first-order chi connectivity index (χ1) is 6.76. The first kappa shape index (κ1) is 12.6. The van der Waals surface area contributed by atoms with Gasteiger partial charge in [0.1, 0.15) is 0 Å². The molecule has 0 aromatic heterocycles. The zero-order chi connectivity index (χ0) is 11.7. The van der Waals surface area contributed by atoms with Crippen molar-refractivity contribution in [3.8, 4) is 0 Å². The second-order valence-corrected chi connectivity index (χ2v) is 10.7. The van der Waals surface area contributed by atoms with Crippen molar-refractivity contribution in [1.82, 2.24) is 0 Å². The summed E-state index contributed by atoms with van der Waals surface area (Å²) in [6.07, 6.45) is 6.52. The van der Waals surface area contributed by atoms with Crippen molar-refractivity contribution in [3.63, 3.8) is 0 Å². The highest BCUT2D eigenvalue weighted by Crippen LogP contribution is 2.40. The van der Waals surface area contributed by atoms with E-state index in [1.165, 1.54) is 12.2 Å². The van der Waals surface area contributed by atoms with E-state index in [4.69, 9.17) is 4.43 Å². The van der Waals surface area contributed by atoms with Crippen LogP contribution in [0.15, 0.2) is 24.5 Å². The zero-order valence-corrected chi connectivity index (χ0v) is 11.8. The quantitative estimate of drug-likeness (QED) is 0.507. The summed E-state index contributed by atoms with van der Waals surface area (Å²) in [6.45, 7) is 15.3. The maximum Gasteiger partial charge on any atom is 0.250 e. The summed E-state index contributed by atoms with van der Waals surface area (Å²) in [7, 11) is -1.61. The Morgan fingerprint density at radius 3 is 2.47 bits per heavy atom. The lowest BCUT2D eigenvalue weighted by Gasteiger charge is -2.36. The molecule has 0 fully saturated rings. The monoisotopic (exact) mass is 224 g/mol. The summed E-state index contributed by atoms with van der Waals surface area (Å²) in [5, 5.41) is 0.292. The van der Waals surface area contributed by atoms with Gasteiger partial charge in [-0.2, -0.15) is 0 Å². The van der Waals surface area contributed by atoms with Crippen molar-refractivity contribution in [3.05, 3.63) is 24.5 Å². The summed E-state index contributed by atoms with van der Waals surface area (Å²) in [4.78, 5) is 0. The Bertz CT molecular complexity index is 271. The molecular weight excluding hydrogens is 200 g/mol. The van der Waals surface area contributed by atoms with Crippen LogP contribution in [0.25, 0.3) is 0 Å². The number of hydrogen-bond acceptors (Lipinski definition) is 1. The van der Waals surface area contributed by atoms with Crippen LogP contribution in [0.3, 0.4) is 0 Å². The average Bonchev–Trinajstić information content (AvgIpc) is 2.49. The third-order valence-corrected chi connectivity index (χ3v) is 8.00. The van der Waals surface area contributed by atoms with Gasteiger partial charge in [0, 0.05) is 6.42 Å². The fraction of sp³-hybridized carbons (Fsp3) is 0.692. The molecule has 0 aliphatic heterocycles. The largest absolute Gasteiger partial charge is 0.547 e. The fourth-order valence-electron chi connectivity index (χ4n) is 1.47. The van der Waals surface area contributed by atoms with Crippen LogP contribution in [0.4, 0.5) is 0 Å². The van der Waals surface area contributed by atoms with Crippen molar-refractivity contribution < 1.29 is 4.43 Å². The molecule has 2 heteroatoms. The summed E-state index contributed by atoms with van der Waals surface area (Å²) in [5.41, 5.74) is 0. The summed E-state index contributed by atoms with van der Waals surface area (Å²) in [5.74, 6) is 1.73. The van der Waals surface area contributed by atoms with Gasteiger partial charge in [0.15, 0.2) is 0 Å². The molecule has 1 unspecified atom stereocenters. The summed E-state index contributed by atoms with van der Waals surface area (Å²) >= 11 is 0. The van der Waals surface area contributed by atoms with Gasteiger partial charge in [-0.3, -0.25) is 0 Å². The Balaban J connectivity index is 2.67. The molecular formula is C13H24OSi. The maximum atomic E-state index is 6.25. The molecule has 0 N–H and O–H groups in total. The minimum absolute atomic E-state index is 0.292. The number of hydrogen-bond donors (Lipinski definition) is 0. The van der Waals surface area contributed by atoms with E-state index >= 15 is 0 Å². The van der Waals surface area contributed by atoms with Gasteiger partial charge >= 0.3 is 0 Å². The molecule has 0 bridgehead atoms. The van der Waals surface area contributed by atoms with E-state index in [1.54, 1.807) is 0 Å². The highest BCUT2D eigenvalue weighted by atomic mass is 28.4. The van der Waals surface area contributed by atoms with Crippen molar-refractivity contribution >= 4 is 8.32 Å². The normalized spacial score (nSPS) is 22.5. The molecule has 1 nitrogen and oxygen atoms in total. The Hall–Kier alpha value is -0.503. The van der Waals surface area contributed by atoms with Gasteiger partial charge in [0.05, 0.1) is 5.76 Å². The lowest BCUT2D eigenvalue weighted by molar-refractivity contribution is 0.373. The van der Waals surface area contributed by atoms with Crippen LogP contribution < -0.4 is 0 Å². The maximum absolute atomic E-state index is 6.25. The molecule has 0 heterocycles. The number of allylic oxidation sites excluding steroid dienone is 3. The lowest BCUT2D eigenvalue weighted by atomic mass is 10.1. The number of rotatable bonds is 3. The van der Waals surface area contributed by atoms with Crippen molar-refractivity contribution in [2.75, 3.05) is 0 Å². The SMILES string of the molecule is C=CC1C=C(O[Si](C)(C)C(C)(C)C)CC1. The highest BCUT2D eigenvalue weighted by molar-refractivity contribution is 6.74. The Morgan fingerprint density at radius 2 is 2.07 bits per heavy atom. The predicted octanol–water partition coefficient (Wildman–Crippen LogP) is 4.49. The first-order valence-corrected chi connectivity index (χ1v) is 8.69. The minimum Gasteiger partial charge on any atom is -0.547 e. The average molecular weight is 224 g/mol. The van der Waals surface area contributed by atoms with Gasteiger partial charge in [-0.25, -0.2) is 0 Å². The van der Waals surface area contributed by atoms with E-state index in [0.29, 0.717) is 11.0 Å². The first-order valence-electron chi connectivity index (χ1n) is 5.78. The van der Waals surface area contributed by atoms with Crippen LogP contribution in [0.1, 0.15) is 33.6 Å². The van der Waals surface area contributed by atoms with E-state index in [2.05, 4.69) is 46.5 Å². The molecule has 0 radical (unpaired) electrons. The van der Waals surface area contributed by atoms with E-state index in [0.717, 1.165) is 6.42 Å². The molecule has 0 saturated heterocycles. The molecule has 1 aliphatic rings. The van der Waals surface area contributed by atoms with E-state index in [9.17, 15) is 0 Å². The molecule has 1 rings (SSSR count). The topological polar surface area (TPSA) is 9.23 Å². The smallest absolute Gasteiger partial charge is 0.250 e. The van der Waals surface area contributed by atoms with Crippen LogP contribution in [0.2, 0.25) is 18.1 Å². The molecule has 86 valence electrons. The van der Waals surface area contributed by atoms with E-state index < -0.39 is 8.32 Å². The Labute approximate surface area is 95.4 Å². The van der Waals surface area contributed by atoms with Gasteiger partial charge in [0.25, 0.3) is 0 Å². The Morgan fingerprint density at radius 1 is 1.47 bits per heavy atom. The van der Waals surface area contributed by atoms with Gasteiger partial charge in [0.2, 0.25) is 8.32 Å². The van der Waals surface area contributed by atoms with Crippen LogP contribution >= 0.6 is 0 Å². The van der Waals surface area contributed by atoms with E-state index in [-0.39, 0.29) is 0 Å². The molecule has 1 atom stereocenters. The van der Waals surface area contributed by atoms with Crippen LogP contribution in [-0.2, 0) is 4.43 Å². The molecule has 0 aromatic rings. The van der Waals surface area contributed by atoms with Gasteiger partial charge in [-0.05, 0) is 36.5 Å². The van der Waals surface area contributed by atoms with Gasteiger partial charge < -0.3 is 4.43 Å². The lowest BCUT2D eigenvalue weighted by Crippen LogP contribution is -2.40. The molecule has 15 heavy (non-hydrogen) atoms. The Kier molecular flexibility index (Phi) is 3.49. The predicted molar refractivity (Wildman–Crippen MR) is 69.3 cm³/mol. The molecule has 1 aliphatic carbocycles. The highest BCUT2D eigenvalue weighted by Gasteiger charge is 2.39. The van der Waals surface area contributed by atoms with Crippen molar-refractivity contribution in [2.24, 2.45) is 5.92 Å². The minimum atomic E-state index is -1.61. The fourth-order valence-corrected chi connectivity index (χ4v) is 2.60. The zero-order valence-electron chi connectivity index (χ0n) is 10.8. The molecule has 0 spiro atoms. The van der Waals surface area contributed by atoms with Crippen molar-refractivity contribution in [1.29, 1.82) is 0 Å². The van der Waals surface area contributed by atoms with E-state index in [1.807, 2.05) is 6.08 Å². The summed E-state index contributed by atoms with van der Waals surface area (Å²) < 4.78 is 6.25. The second kappa shape index (κ2) is 4.16. The molecule has 0 amide bonds. The van der Waals surface area contributed by atoms with Crippen LogP contribution in [-0.4, -0.2) is 8.32 Å². The molecule has 0 aromatic carbocycles. The van der Waals surface area contributed by atoms with Gasteiger partial charge in [-0.15, -0.1) is 6.58 Å². The third kappa shape index (κ3) is 2.97.